The predicted octanol–water partition coefficient (Wildman–Crippen LogP) is 1.42. The quantitative estimate of drug-likeness (QED) is 0.838. The molecule has 1 fully saturated rings. The molecule has 1 saturated heterocycles. The fourth-order valence-electron chi connectivity index (χ4n) is 2.60. The molecule has 0 bridgehead atoms. The van der Waals surface area contributed by atoms with Crippen LogP contribution in [0.15, 0.2) is 30.3 Å². The van der Waals surface area contributed by atoms with Crippen LogP contribution in [0.3, 0.4) is 0 Å². The molecule has 1 amide bonds. The van der Waals surface area contributed by atoms with Crippen molar-refractivity contribution in [2.75, 3.05) is 13.1 Å². The first-order valence-electron chi connectivity index (χ1n) is 6.20. The van der Waals surface area contributed by atoms with Crippen LogP contribution in [0, 0.1) is 5.92 Å². The van der Waals surface area contributed by atoms with Crippen molar-refractivity contribution in [2.24, 2.45) is 11.7 Å². The molecule has 92 valence electrons. The maximum atomic E-state index is 11.4. The summed E-state index contributed by atoms with van der Waals surface area (Å²) in [6, 6.07) is 10.5. The molecule has 1 heterocycles. The molecule has 1 aromatic carbocycles. The smallest absolute Gasteiger partial charge is 0.219 e. The fourth-order valence-corrected chi connectivity index (χ4v) is 2.60. The predicted molar refractivity (Wildman–Crippen MR) is 68.5 cm³/mol. The molecule has 0 saturated carbocycles. The zero-order chi connectivity index (χ0) is 12.3. The average Bonchev–Trinajstić information content (AvgIpc) is 2.29. The second-order valence-electron chi connectivity index (χ2n) is 4.98. The van der Waals surface area contributed by atoms with E-state index in [1.165, 1.54) is 5.56 Å². The van der Waals surface area contributed by atoms with Gasteiger partial charge in [-0.3, -0.25) is 4.79 Å². The highest BCUT2D eigenvalue weighted by Crippen LogP contribution is 2.20. The van der Waals surface area contributed by atoms with Gasteiger partial charge in [0.2, 0.25) is 5.91 Å². The second-order valence-corrected chi connectivity index (χ2v) is 4.98. The molecule has 1 aliphatic rings. The van der Waals surface area contributed by atoms with Crippen molar-refractivity contribution >= 4 is 5.91 Å². The Morgan fingerprint density at radius 2 is 2.06 bits per heavy atom. The molecule has 17 heavy (non-hydrogen) atoms. The number of rotatable bonds is 2. The minimum absolute atomic E-state index is 0.126. The van der Waals surface area contributed by atoms with Gasteiger partial charge in [-0.25, -0.2) is 0 Å². The van der Waals surface area contributed by atoms with Crippen LogP contribution in [-0.2, 0) is 11.2 Å². The van der Waals surface area contributed by atoms with Gasteiger partial charge in [-0.15, -0.1) is 0 Å². The van der Waals surface area contributed by atoms with Crippen LogP contribution in [0.5, 0.6) is 0 Å². The Kier molecular flexibility index (Phi) is 3.79. The molecular weight excluding hydrogens is 212 g/mol. The second kappa shape index (κ2) is 5.32. The number of amides is 1. The van der Waals surface area contributed by atoms with Crippen LogP contribution in [0.2, 0.25) is 0 Å². The molecule has 0 spiro atoms. The number of nitrogens with two attached hydrogens (primary N) is 1. The molecule has 0 aliphatic carbocycles. The lowest BCUT2D eigenvalue weighted by molar-refractivity contribution is -0.130. The third-order valence-corrected chi connectivity index (χ3v) is 3.38. The van der Waals surface area contributed by atoms with Crippen LogP contribution in [0.4, 0.5) is 0 Å². The number of piperidine rings is 1. The Morgan fingerprint density at radius 1 is 1.35 bits per heavy atom. The number of nitrogens with zero attached hydrogens (tertiary/aromatic N) is 1. The normalized spacial score (nSPS) is 24.7. The van der Waals surface area contributed by atoms with Crippen LogP contribution in [0.25, 0.3) is 0 Å². The van der Waals surface area contributed by atoms with Crippen molar-refractivity contribution in [3.8, 4) is 0 Å². The Labute approximate surface area is 103 Å². The lowest BCUT2D eigenvalue weighted by Gasteiger charge is -2.35. The third kappa shape index (κ3) is 3.30. The Balaban J connectivity index is 1.99. The van der Waals surface area contributed by atoms with Gasteiger partial charge in [0.15, 0.2) is 0 Å². The summed E-state index contributed by atoms with van der Waals surface area (Å²) >= 11 is 0. The van der Waals surface area contributed by atoms with E-state index in [0.29, 0.717) is 12.5 Å². The maximum Gasteiger partial charge on any atom is 0.219 e. The van der Waals surface area contributed by atoms with E-state index in [1.54, 1.807) is 6.92 Å². The minimum atomic E-state index is 0.126. The van der Waals surface area contributed by atoms with Crippen LogP contribution >= 0.6 is 0 Å². The molecule has 1 aliphatic heterocycles. The van der Waals surface area contributed by atoms with Crippen LogP contribution in [-0.4, -0.2) is 29.9 Å². The van der Waals surface area contributed by atoms with Gasteiger partial charge in [0, 0.05) is 26.1 Å². The van der Waals surface area contributed by atoms with Gasteiger partial charge in [0.25, 0.3) is 0 Å². The largest absolute Gasteiger partial charge is 0.341 e. The Hall–Kier alpha value is -1.35. The summed E-state index contributed by atoms with van der Waals surface area (Å²) in [6.45, 7) is 3.18. The van der Waals surface area contributed by atoms with Gasteiger partial charge < -0.3 is 10.6 Å². The van der Waals surface area contributed by atoms with E-state index in [4.69, 9.17) is 5.73 Å². The maximum absolute atomic E-state index is 11.4. The molecule has 2 rings (SSSR count). The molecule has 1 aromatic rings. The van der Waals surface area contributed by atoms with E-state index in [-0.39, 0.29) is 11.9 Å². The van der Waals surface area contributed by atoms with Gasteiger partial charge in [-0.1, -0.05) is 30.3 Å². The molecule has 2 unspecified atom stereocenters. The fraction of sp³-hybridized carbons (Fsp3) is 0.500. The van der Waals surface area contributed by atoms with E-state index in [9.17, 15) is 4.79 Å². The van der Waals surface area contributed by atoms with Crippen molar-refractivity contribution in [3.63, 3.8) is 0 Å². The highest BCUT2D eigenvalue weighted by atomic mass is 16.2. The summed E-state index contributed by atoms with van der Waals surface area (Å²) in [7, 11) is 0. The van der Waals surface area contributed by atoms with Gasteiger partial charge in [-0.05, 0) is 24.3 Å². The van der Waals surface area contributed by atoms with Crippen molar-refractivity contribution in [2.45, 2.75) is 25.8 Å². The monoisotopic (exact) mass is 232 g/mol. The first kappa shape index (κ1) is 12.1. The van der Waals surface area contributed by atoms with Gasteiger partial charge in [0.05, 0.1) is 0 Å². The first-order chi connectivity index (χ1) is 8.15. The van der Waals surface area contributed by atoms with Gasteiger partial charge in [-0.2, -0.15) is 0 Å². The van der Waals surface area contributed by atoms with Gasteiger partial charge in [0.1, 0.15) is 0 Å². The topological polar surface area (TPSA) is 46.3 Å². The Bertz CT molecular complexity index is 377. The summed E-state index contributed by atoms with van der Waals surface area (Å²) in [5.41, 5.74) is 7.34. The lowest BCUT2D eigenvalue weighted by Crippen LogP contribution is -2.49. The van der Waals surface area contributed by atoms with E-state index in [0.717, 1.165) is 19.4 Å². The molecular formula is C14H20N2O. The average molecular weight is 232 g/mol. The number of carbonyl (C=O) groups excluding carboxylic acids is 1. The highest BCUT2D eigenvalue weighted by molar-refractivity contribution is 5.73. The summed E-state index contributed by atoms with van der Waals surface area (Å²) in [4.78, 5) is 13.3. The van der Waals surface area contributed by atoms with Crippen molar-refractivity contribution in [1.29, 1.82) is 0 Å². The zero-order valence-electron chi connectivity index (χ0n) is 10.3. The lowest BCUT2D eigenvalue weighted by atomic mass is 9.89. The molecule has 0 radical (unpaired) electrons. The van der Waals surface area contributed by atoms with E-state index < -0.39 is 0 Å². The van der Waals surface area contributed by atoms with E-state index >= 15 is 0 Å². The molecule has 3 nitrogen and oxygen atoms in total. The van der Waals surface area contributed by atoms with Gasteiger partial charge >= 0.3 is 0 Å². The molecule has 2 N–H and O–H groups in total. The summed E-state index contributed by atoms with van der Waals surface area (Å²) in [5.74, 6) is 0.628. The number of hydrogen-bond acceptors (Lipinski definition) is 2. The zero-order valence-corrected chi connectivity index (χ0v) is 10.3. The molecule has 2 atom stereocenters. The summed E-state index contributed by atoms with van der Waals surface area (Å²) < 4.78 is 0. The van der Waals surface area contributed by atoms with E-state index in [2.05, 4.69) is 24.3 Å². The minimum Gasteiger partial charge on any atom is -0.341 e. The number of benzene rings is 1. The SMILES string of the molecule is CC(=O)N1CC(N)CC(Cc2ccccc2)C1. The molecule has 3 heteroatoms. The number of carbonyl (C=O) groups is 1. The number of likely N-dealkylation sites (tertiary alicyclic amines) is 1. The third-order valence-electron chi connectivity index (χ3n) is 3.38. The Morgan fingerprint density at radius 3 is 2.71 bits per heavy atom. The molecule has 0 aromatic heterocycles. The first-order valence-corrected chi connectivity index (χ1v) is 6.20. The van der Waals surface area contributed by atoms with Crippen LogP contribution < -0.4 is 5.73 Å². The van der Waals surface area contributed by atoms with Crippen molar-refractivity contribution < 1.29 is 4.79 Å². The van der Waals surface area contributed by atoms with Crippen molar-refractivity contribution in [1.82, 2.24) is 4.90 Å². The summed E-state index contributed by atoms with van der Waals surface area (Å²) in [5, 5.41) is 0. The highest BCUT2D eigenvalue weighted by Gasteiger charge is 2.26. The van der Waals surface area contributed by atoms with Crippen LogP contribution in [0.1, 0.15) is 18.9 Å². The summed E-state index contributed by atoms with van der Waals surface area (Å²) in [6.07, 6.45) is 2.02. The number of hydrogen-bond donors (Lipinski definition) is 1. The van der Waals surface area contributed by atoms with Crippen molar-refractivity contribution in [3.05, 3.63) is 35.9 Å². The van der Waals surface area contributed by atoms with E-state index in [1.807, 2.05) is 11.0 Å². The standard InChI is InChI=1S/C14H20N2O/c1-11(17)16-9-13(8-14(15)10-16)7-12-5-3-2-4-6-12/h2-6,13-14H,7-10,15H2,1H3.